The van der Waals surface area contributed by atoms with Crippen molar-refractivity contribution < 1.29 is 0 Å². The van der Waals surface area contributed by atoms with Gasteiger partial charge in [0.1, 0.15) is 0 Å². The summed E-state index contributed by atoms with van der Waals surface area (Å²) in [7, 11) is 0. The quantitative estimate of drug-likeness (QED) is 0.133. The van der Waals surface area contributed by atoms with E-state index in [9.17, 15) is 19.2 Å². The maximum atomic E-state index is 14.6. The second kappa shape index (κ2) is 7.58. The van der Waals surface area contributed by atoms with Gasteiger partial charge in [0.25, 0.3) is 0 Å². The minimum atomic E-state index is -0.294. The molecule has 8 nitrogen and oxygen atoms in total. The fourth-order valence-electron chi connectivity index (χ4n) is 7.93. The van der Waals surface area contributed by atoms with Crippen LogP contribution in [0.3, 0.4) is 0 Å². The van der Waals surface area contributed by atoms with Crippen molar-refractivity contribution in [3.05, 3.63) is 114 Å². The first-order valence-electron chi connectivity index (χ1n) is 14.6. The molecule has 0 amide bonds. The molecule has 4 aromatic carbocycles. The monoisotopic (exact) mass is 724 g/mol. The molecule has 2 aliphatic heterocycles. The van der Waals surface area contributed by atoms with E-state index in [0.717, 1.165) is 39.9 Å². The zero-order valence-electron chi connectivity index (χ0n) is 23.2. The molecule has 8 heterocycles. The molecule has 0 spiro atoms. The van der Waals surface area contributed by atoms with E-state index in [2.05, 4.69) is 0 Å². The predicted molar refractivity (Wildman–Crippen MR) is 184 cm³/mol. The standard InChI is InChI=1S/C36H12N4O4Se2/c41-33-13-5-1-9-17-27(13)39-29-15(7-3-11-19(29)45-17)35(43)25-31(39)21(33)23-24(38-25)22-32-26(37-23)36(44)16-8-4-12-20-30(16)40(32)28-14(34(22)42)6-2-10-18(28)46-20/h1-12H. The number of aromatic nitrogens is 4. The van der Waals surface area contributed by atoms with Crippen LogP contribution in [0, 0.1) is 0 Å². The van der Waals surface area contributed by atoms with Crippen LogP contribution in [0.25, 0.3) is 87.5 Å². The number of fused-ring (bicyclic) bond motifs is 3. The molecule has 0 fully saturated rings. The van der Waals surface area contributed by atoms with E-state index in [1.165, 1.54) is 0 Å². The first-order valence-corrected chi connectivity index (χ1v) is 18.0. The number of hydrogen-bond acceptors (Lipinski definition) is 6. The van der Waals surface area contributed by atoms with Crippen LogP contribution in [0.2, 0.25) is 0 Å². The van der Waals surface area contributed by atoms with Gasteiger partial charge in [-0.05, 0) is 0 Å². The van der Waals surface area contributed by atoms with E-state index in [1.54, 1.807) is 24.3 Å². The first kappa shape index (κ1) is 24.1. The topological polar surface area (TPSA) is 103 Å². The first-order chi connectivity index (χ1) is 22.5. The van der Waals surface area contributed by atoms with Crippen molar-refractivity contribution in [1.82, 2.24) is 18.8 Å². The summed E-state index contributed by atoms with van der Waals surface area (Å²) in [5.41, 5.74) is 3.28. The Morgan fingerprint density at radius 2 is 0.717 bits per heavy atom. The summed E-state index contributed by atoms with van der Waals surface area (Å²) in [6.45, 7) is 0. The third-order valence-electron chi connectivity index (χ3n) is 9.71. The second-order valence-electron chi connectivity index (χ2n) is 11.9. The van der Waals surface area contributed by atoms with E-state index in [4.69, 9.17) is 9.97 Å². The third kappa shape index (κ3) is 2.43. The van der Waals surface area contributed by atoms with Crippen molar-refractivity contribution in [2.75, 3.05) is 0 Å². The fourth-order valence-corrected chi connectivity index (χ4v) is 12.7. The van der Waals surface area contributed by atoms with Gasteiger partial charge in [-0.15, -0.1) is 0 Å². The molecule has 0 unspecified atom stereocenters. The Bertz CT molecular complexity index is 3190. The number of hydrogen-bond donors (Lipinski definition) is 0. The molecule has 0 saturated heterocycles. The molecular formula is C36H12N4O4Se2. The Balaban J connectivity index is 1.51. The van der Waals surface area contributed by atoms with Crippen molar-refractivity contribution in [2.24, 2.45) is 0 Å². The van der Waals surface area contributed by atoms with Crippen LogP contribution in [-0.4, -0.2) is 48.7 Å². The summed E-state index contributed by atoms with van der Waals surface area (Å²) in [6, 6.07) is 22.9. The SMILES string of the molecule is O=c1c2cccc3c2n2c4c(cccc4c(=O)c4c5nc6c(=O)c7cccc8c7n7c9c(cccc9c(=O)c(c5nc1c42)c67)[Se]8)[Se]3. The van der Waals surface area contributed by atoms with E-state index in [0.29, 0.717) is 32.6 Å². The summed E-state index contributed by atoms with van der Waals surface area (Å²) < 4.78 is 8.18. The maximum absolute atomic E-state index is 14.6. The van der Waals surface area contributed by atoms with Gasteiger partial charge in [0, 0.05) is 0 Å². The number of benzene rings is 4. The van der Waals surface area contributed by atoms with Gasteiger partial charge in [-0.1, -0.05) is 0 Å². The molecule has 46 heavy (non-hydrogen) atoms. The van der Waals surface area contributed by atoms with Crippen molar-refractivity contribution >= 4 is 135 Å². The summed E-state index contributed by atoms with van der Waals surface area (Å²) in [5, 5.41) is 2.46. The van der Waals surface area contributed by atoms with Crippen molar-refractivity contribution in [2.45, 2.75) is 0 Å². The van der Waals surface area contributed by atoms with Crippen molar-refractivity contribution in [3.63, 3.8) is 0 Å². The molecule has 0 N–H and O–H groups in total. The van der Waals surface area contributed by atoms with Crippen LogP contribution in [0.5, 0.6) is 0 Å². The molecule has 10 aromatic rings. The average molecular weight is 722 g/mol. The van der Waals surface area contributed by atoms with Crippen LogP contribution in [-0.2, 0) is 0 Å². The van der Waals surface area contributed by atoms with Crippen LogP contribution >= 0.6 is 0 Å². The number of rotatable bonds is 0. The van der Waals surface area contributed by atoms with E-state index in [1.807, 2.05) is 57.3 Å². The van der Waals surface area contributed by atoms with Gasteiger partial charge >= 0.3 is 268 Å². The van der Waals surface area contributed by atoms with Gasteiger partial charge in [-0.3, -0.25) is 0 Å². The van der Waals surface area contributed by atoms with Crippen molar-refractivity contribution in [1.29, 1.82) is 0 Å². The van der Waals surface area contributed by atoms with Crippen LogP contribution in [0.1, 0.15) is 0 Å². The zero-order chi connectivity index (χ0) is 30.3. The molecule has 0 atom stereocenters. The van der Waals surface area contributed by atoms with Gasteiger partial charge in [0.05, 0.1) is 0 Å². The predicted octanol–water partition coefficient (Wildman–Crippen LogP) is 1.31. The molecule has 6 aromatic heterocycles. The number of pyridine rings is 6. The second-order valence-corrected chi connectivity index (χ2v) is 16.4. The van der Waals surface area contributed by atoms with E-state index < -0.39 is 0 Å². The van der Waals surface area contributed by atoms with Crippen LogP contribution in [0.15, 0.2) is 92.0 Å². The van der Waals surface area contributed by atoms with Gasteiger partial charge in [-0.2, -0.15) is 0 Å². The van der Waals surface area contributed by atoms with Gasteiger partial charge < -0.3 is 0 Å². The summed E-state index contributed by atoms with van der Waals surface area (Å²) in [6.07, 6.45) is 0. The Morgan fingerprint density at radius 1 is 0.391 bits per heavy atom. The number of para-hydroxylation sites is 4. The van der Waals surface area contributed by atoms with Gasteiger partial charge in [-0.25, -0.2) is 0 Å². The Labute approximate surface area is 266 Å². The van der Waals surface area contributed by atoms with Crippen LogP contribution < -0.4 is 39.6 Å². The van der Waals surface area contributed by atoms with Gasteiger partial charge in [0.15, 0.2) is 0 Å². The van der Waals surface area contributed by atoms with Crippen molar-refractivity contribution in [3.8, 4) is 0 Å². The Hall–Kier alpha value is -5.24. The molecule has 0 saturated carbocycles. The Morgan fingerprint density at radius 3 is 1.07 bits per heavy atom. The molecule has 0 bridgehead atoms. The zero-order valence-corrected chi connectivity index (χ0v) is 26.6. The number of nitrogens with zero attached hydrogens (tertiary/aromatic N) is 4. The third-order valence-corrected chi connectivity index (χ3v) is 14.3. The molecule has 10 heteroatoms. The van der Waals surface area contributed by atoms with Crippen LogP contribution in [0.4, 0.5) is 0 Å². The minimum absolute atomic E-state index is 0.110. The Kier molecular flexibility index (Phi) is 3.96. The summed E-state index contributed by atoms with van der Waals surface area (Å²) >= 11 is -0.219. The van der Waals surface area contributed by atoms with E-state index in [-0.39, 0.29) is 84.5 Å². The molecule has 0 radical (unpaired) electrons. The molecular weight excluding hydrogens is 710 g/mol. The molecule has 212 valence electrons. The van der Waals surface area contributed by atoms with Gasteiger partial charge in [0.2, 0.25) is 0 Å². The average Bonchev–Trinajstić information content (AvgIpc) is 3.08. The molecule has 2 aliphatic rings. The summed E-state index contributed by atoms with van der Waals surface area (Å²) in [5.74, 6) is 0. The van der Waals surface area contributed by atoms with E-state index >= 15 is 0 Å². The molecule has 0 aliphatic carbocycles. The fraction of sp³-hybridized carbons (Fsp3) is 0. The normalized spacial score (nSPS) is 13.8. The summed E-state index contributed by atoms with van der Waals surface area (Å²) in [4.78, 5) is 67.9. The molecule has 12 rings (SSSR count).